The molecule has 0 spiro atoms. The van der Waals surface area contributed by atoms with Gasteiger partial charge in [-0.15, -0.1) is 0 Å². The Morgan fingerprint density at radius 2 is 1.69 bits per heavy atom. The van der Waals surface area contributed by atoms with Crippen molar-refractivity contribution < 1.29 is 23.9 Å². The summed E-state index contributed by atoms with van der Waals surface area (Å²) in [5.41, 5.74) is -0.552. The van der Waals surface area contributed by atoms with E-state index in [-0.39, 0.29) is 18.4 Å². The van der Waals surface area contributed by atoms with Crippen molar-refractivity contribution in [2.75, 3.05) is 6.54 Å². The van der Waals surface area contributed by atoms with Crippen LogP contribution in [0.15, 0.2) is 0 Å². The molecule has 26 heavy (non-hydrogen) atoms. The summed E-state index contributed by atoms with van der Waals surface area (Å²) in [4.78, 5) is 35.5. The highest BCUT2D eigenvalue weighted by atomic mass is 16.6. The average Bonchev–Trinajstić information content (AvgIpc) is 2.78. The van der Waals surface area contributed by atoms with E-state index in [0.29, 0.717) is 13.0 Å². The van der Waals surface area contributed by atoms with Gasteiger partial charge in [-0.3, -0.25) is 9.59 Å². The van der Waals surface area contributed by atoms with Crippen molar-refractivity contribution in [3.8, 4) is 0 Å². The summed E-state index contributed by atoms with van der Waals surface area (Å²) in [6.45, 7) is 7.25. The van der Waals surface area contributed by atoms with E-state index in [2.05, 4.69) is 10.6 Å². The monoisotopic (exact) mass is 370 g/mol. The van der Waals surface area contributed by atoms with Crippen molar-refractivity contribution in [2.45, 2.75) is 96.8 Å². The molecule has 0 aromatic carbocycles. The Bertz CT molecular complexity index is 465. The van der Waals surface area contributed by atoms with Crippen LogP contribution in [0.4, 0.5) is 4.79 Å². The van der Waals surface area contributed by atoms with E-state index in [1.807, 2.05) is 0 Å². The van der Waals surface area contributed by atoms with E-state index < -0.39 is 23.8 Å². The van der Waals surface area contributed by atoms with Crippen LogP contribution in [0.3, 0.4) is 0 Å². The molecule has 0 heterocycles. The van der Waals surface area contributed by atoms with Crippen LogP contribution in [0.2, 0.25) is 0 Å². The zero-order chi connectivity index (χ0) is 19.6. The van der Waals surface area contributed by atoms with Crippen LogP contribution in [-0.2, 0) is 19.1 Å². The first-order valence-corrected chi connectivity index (χ1v) is 9.64. The first-order valence-electron chi connectivity index (χ1n) is 9.64. The molecule has 0 aliphatic heterocycles. The lowest BCUT2D eigenvalue weighted by molar-refractivity contribution is -0.155. The summed E-state index contributed by atoms with van der Waals surface area (Å²) in [5, 5.41) is 5.56. The Morgan fingerprint density at radius 3 is 2.27 bits per heavy atom. The maximum atomic E-state index is 12.1. The molecule has 150 valence electrons. The summed E-state index contributed by atoms with van der Waals surface area (Å²) < 4.78 is 10.3. The molecule has 1 saturated carbocycles. The van der Waals surface area contributed by atoms with Gasteiger partial charge in [0, 0.05) is 19.0 Å². The van der Waals surface area contributed by atoms with Crippen molar-refractivity contribution in [3.05, 3.63) is 0 Å². The molecule has 2 N–H and O–H groups in total. The van der Waals surface area contributed by atoms with Gasteiger partial charge in [0.05, 0.1) is 0 Å². The van der Waals surface area contributed by atoms with Gasteiger partial charge < -0.3 is 20.1 Å². The topological polar surface area (TPSA) is 93.7 Å². The quantitative estimate of drug-likeness (QED) is 0.408. The zero-order valence-electron chi connectivity index (χ0n) is 16.6. The number of amides is 2. The Hall–Kier alpha value is -1.79. The lowest BCUT2D eigenvalue weighted by Gasteiger charge is -2.20. The number of alkyl carbamates (subject to hydrolysis) is 1. The number of ether oxygens (including phenoxy) is 2. The second-order valence-electron chi connectivity index (χ2n) is 7.86. The minimum absolute atomic E-state index is 0.136. The number of carbonyl (C=O) groups excluding carboxylic acids is 3. The van der Waals surface area contributed by atoms with Crippen LogP contribution >= 0.6 is 0 Å². The first-order chi connectivity index (χ1) is 12.2. The summed E-state index contributed by atoms with van der Waals surface area (Å²) in [6, 6.07) is 0.184. The highest BCUT2D eigenvalue weighted by Gasteiger charge is 2.21. The average molecular weight is 370 g/mol. The smallest absolute Gasteiger partial charge is 0.407 e. The predicted octanol–water partition coefficient (Wildman–Crippen LogP) is 3.06. The van der Waals surface area contributed by atoms with Crippen LogP contribution < -0.4 is 10.6 Å². The van der Waals surface area contributed by atoms with Gasteiger partial charge in [-0.2, -0.15) is 0 Å². The zero-order valence-corrected chi connectivity index (χ0v) is 16.6. The first kappa shape index (κ1) is 22.3. The molecule has 7 heteroatoms. The van der Waals surface area contributed by atoms with E-state index in [1.165, 1.54) is 12.8 Å². The molecule has 1 aliphatic carbocycles. The SMILES string of the molecule is C[C@H](OC(=O)CCCNC(=O)OC(C)(C)C)C(=O)NC1CCCCCC1. The maximum Gasteiger partial charge on any atom is 0.407 e. The maximum absolute atomic E-state index is 12.1. The van der Waals surface area contributed by atoms with Crippen molar-refractivity contribution in [3.63, 3.8) is 0 Å². The number of rotatable bonds is 7. The Labute approximate surface area is 156 Å². The third-order valence-corrected chi connectivity index (χ3v) is 4.10. The van der Waals surface area contributed by atoms with Gasteiger partial charge in [0.15, 0.2) is 6.10 Å². The lowest BCUT2D eigenvalue weighted by Crippen LogP contribution is -2.41. The highest BCUT2D eigenvalue weighted by Crippen LogP contribution is 2.17. The second kappa shape index (κ2) is 11.0. The second-order valence-corrected chi connectivity index (χ2v) is 7.86. The van der Waals surface area contributed by atoms with E-state index >= 15 is 0 Å². The number of esters is 1. The molecule has 1 atom stereocenters. The van der Waals surface area contributed by atoms with Crippen LogP contribution in [0.1, 0.15) is 79.1 Å². The Morgan fingerprint density at radius 1 is 1.08 bits per heavy atom. The van der Waals surface area contributed by atoms with Crippen LogP contribution in [0.25, 0.3) is 0 Å². The van der Waals surface area contributed by atoms with Gasteiger partial charge in [0.2, 0.25) is 0 Å². The molecule has 0 aromatic rings. The van der Waals surface area contributed by atoms with E-state index in [1.54, 1.807) is 27.7 Å². The van der Waals surface area contributed by atoms with Gasteiger partial charge >= 0.3 is 12.1 Å². The number of nitrogens with one attached hydrogen (secondary N) is 2. The largest absolute Gasteiger partial charge is 0.453 e. The van der Waals surface area contributed by atoms with Gasteiger partial charge in [-0.1, -0.05) is 25.7 Å². The fourth-order valence-corrected chi connectivity index (χ4v) is 2.79. The molecule has 0 bridgehead atoms. The van der Waals surface area contributed by atoms with Gasteiger partial charge in [-0.25, -0.2) is 4.79 Å². The Kier molecular flexibility index (Phi) is 9.44. The van der Waals surface area contributed by atoms with Crippen molar-refractivity contribution in [2.24, 2.45) is 0 Å². The molecule has 0 aromatic heterocycles. The molecule has 1 rings (SSSR count). The molecule has 7 nitrogen and oxygen atoms in total. The molecule has 0 radical (unpaired) electrons. The third kappa shape index (κ3) is 10.3. The van der Waals surface area contributed by atoms with Gasteiger partial charge in [0.1, 0.15) is 5.60 Å². The normalized spacial score (nSPS) is 16.9. The number of carbonyl (C=O) groups is 3. The minimum Gasteiger partial charge on any atom is -0.453 e. The molecule has 1 aliphatic rings. The Balaban J connectivity index is 2.18. The van der Waals surface area contributed by atoms with Crippen molar-refractivity contribution in [1.82, 2.24) is 10.6 Å². The number of hydrogen-bond acceptors (Lipinski definition) is 5. The predicted molar refractivity (Wildman–Crippen MR) is 98.7 cm³/mol. The summed E-state index contributed by atoms with van der Waals surface area (Å²) in [6.07, 6.45) is 5.92. The molecule has 1 fully saturated rings. The van der Waals surface area contributed by atoms with Gasteiger partial charge in [0.25, 0.3) is 5.91 Å². The fourth-order valence-electron chi connectivity index (χ4n) is 2.79. The molecule has 2 amide bonds. The van der Waals surface area contributed by atoms with Crippen molar-refractivity contribution in [1.29, 1.82) is 0 Å². The van der Waals surface area contributed by atoms with Crippen molar-refractivity contribution >= 4 is 18.0 Å². The standard InChI is InChI=1S/C19H34N2O5/c1-14(17(23)21-15-10-7-5-6-8-11-15)25-16(22)12-9-13-20-18(24)26-19(2,3)4/h14-15H,5-13H2,1-4H3,(H,20,24)(H,21,23)/t14-/m0/s1. The lowest BCUT2D eigenvalue weighted by atomic mass is 10.1. The van der Waals surface area contributed by atoms with E-state index in [4.69, 9.17) is 9.47 Å². The van der Waals surface area contributed by atoms with Crippen LogP contribution in [-0.4, -0.2) is 42.3 Å². The molecule has 0 unspecified atom stereocenters. The molecule has 0 saturated heterocycles. The summed E-state index contributed by atoms with van der Waals surface area (Å²) >= 11 is 0. The van der Waals surface area contributed by atoms with E-state index in [9.17, 15) is 14.4 Å². The molecular weight excluding hydrogens is 336 g/mol. The highest BCUT2D eigenvalue weighted by molar-refractivity contribution is 5.83. The third-order valence-electron chi connectivity index (χ3n) is 4.10. The summed E-state index contributed by atoms with van der Waals surface area (Å²) in [5.74, 6) is -0.684. The van der Waals surface area contributed by atoms with Crippen LogP contribution in [0.5, 0.6) is 0 Å². The minimum atomic E-state index is -0.801. The molecular formula is C19H34N2O5. The fraction of sp³-hybridized carbons (Fsp3) is 0.842. The van der Waals surface area contributed by atoms with Crippen LogP contribution in [0, 0.1) is 0 Å². The van der Waals surface area contributed by atoms with E-state index in [0.717, 1.165) is 25.7 Å². The summed E-state index contributed by atoms with van der Waals surface area (Å²) in [7, 11) is 0. The van der Waals surface area contributed by atoms with Gasteiger partial charge in [-0.05, 0) is 47.0 Å². The number of hydrogen-bond donors (Lipinski definition) is 2.